The molecule has 2 aromatic carbocycles. The Morgan fingerprint density at radius 1 is 1.17 bits per heavy atom. The number of para-hydroxylation sites is 1. The van der Waals surface area contributed by atoms with Gasteiger partial charge in [-0.2, -0.15) is 5.10 Å². The van der Waals surface area contributed by atoms with Crippen molar-refractivity contribution in [2.45, 2.75) is 19.0 Å². The van der Waals surface area contributed by atoms with Gasteiger partial charge in [-0.3, -0.25) is 14.5 Å². The first-order valence-electron chi connectivity index (χ1n) is 11.3. The van der Waals surface area contributed by atoms with Crippen LogP contribution in [-0.2, 0) is 11.3 Å². The maximum atomic E-state index is 13.3. The molecule has 178 valence electrons. The lowest BCUT2D eigenvalue weighted by atomic mass is 10.0. The van der Waals surface area contributed by atoms with Gasteiger partial charge < -0.3 is 14.1 Å². The molecular weight excluding hydrogens is 446 g/mol. The Kier molecular flexibility index (Phi) is 6.15. The van der Waals surface area contributed by atoms with E-state index in [1.807, 2.05) is 36.4 Å². The highest BCUT2D eigenvalue weighted by Crippen LogP contribution is 2.33. The number of rotatable bonds is 7. The van der Waals surface area contributed by atoms with Gasteiger partial charge in [-0.05, 0) is 61.1 Å². The summed E-state index contributed by atoms with van der Waals surface area (Å²) in [6, 6.07) is 18.1. The van der Waals surface area contributed by atoms with Crippen molar-refractivity contribution < 1.29 is 13.9 Å². The van der Waals surface area contributed by atoms with Crippen molar-refractivity contribution in [1.82, 2.24) is 19.9 Å². The molecule has 0 radical (unpaired) electrons. The van der Waals surface area contributed by atoms with E-state index in [1.165, 1.54) is 5.01 Å². The van der Waals surface area contributed by atoms with Gasteiger partial charge in [-0.15, -0.1) is 0 Å². The molecule has 9 heteroatoms. The number of H-pyrrole nitrogens is 1. The minimum absolute atomic E-state index is 0.0904. The molecule has 9 nitrogen and oxygen atoms in total. The second kappa shape index (κ2) is 9.55. The van der Waals surface area contributed by atoms with Gasteiger partial charge in [-0.25, -0.2) is 9.99 Å². The largest absolute Gasteiger partial charge is 0.497 e. The van der Waals surface area contributed by atoms with E-state index in [-0.39, 0.29) is 24.1 Å². The van der Waals surface area contributed by atoms with Crippen molar-refractivity contribution in [1.29, 1.82) is 0 Å². The van der Waals surface area contributed by atoms with Crippen LogP contribution in [0, 0.1) is 0 Å². The third kappa shape index (κ3) is 4.71. The second-order valence-electron chi connectivity index (χ2n) is 8.45. The summed E-state index contributed by atoms with van der Waals surface area (Å²) < 4.78 is 10.9. The molecule has 35 heavy (non-hydrogen) atoms. The first-order chi connectivity index (χ1) is 17.0. The summed E-state index contributed by atoms with van der Waals surface area (Å²) in [5.41, 5.74) is 2.14. The number of aromatic amines is 1. The van der Waals surface area contributed by atoms with Gasteiger partial charge in [0, 0.05) is 6.42 Å². The predicted octanol–water partition coefficient (Wildman–Crippen LogP) is 3.33. The van der Waals surface area contributed by atoms with Crippen molar-refractivity contribution in [2.24, 2.45) is 5.10 Å². The van der Waals surface area contributed by atoms with Gasteiger partial charge in [0.25, 0.3) is 11.5 Å². The van der Waals surface area contributed by atoms with Gasteiger partial charge in [0.1, 0.15) is 23.4 Å². The van der Waals surface area contributed by atoms with Crippen molar-refractivity contribution in [3.05, 3.63) is 94.4 Å². The molecule has 1 N–H and O–H groups in total. The lowest BCUT2D eigenvalue weighted by Crippen LogP contribution is -2.36. The number of carbonyl (C=O) groups excluding carboxylic acids is 1. The standard InChI is InChI=1S/C26H25N5O4/c1-30(15-24-27-20-7-4-3-6-19(20)26(33)28-24)16-25(32)31-22(23-8-5-13-35-23)14-21(29-31)17-9-11-18(34-2)12-10-17/h3-13,22H,14-16H2,1-2H3,(H,27,28,33). The number of fused-ring (bicyclic) bond motifs is 1. The van der Waals surface area contributed by atoms with Crippen molar-refractivity contribution in [3.8, 4) is 5.75 Å². The number of benzene rings is 2. The normalized spacial score (nSPS) is 15.6. The topological polar surface area (TPSA) is 104 Å². The summed E-state index contributed by atoms with van der Waals surface area (Å²) >= 11 is 0. The van der Waals surface area contributed by atoms with E-state index < -0.39 is 0 Å². The van der Waals surface area contributed by atoms with Crippen LogP contribution in [0.5, 0.6) is 5.75 Å². The van der Waals surface area contributed by atoms with E-state index in [4.69, 9.17) is 9.15 Å². The number of carbonyl (C=O) groups is 1. The average Bonchev–Trinajstić information content (AvgIpc) is 3.54. The Balaban J connectivity index is 1.34. The highest BCUT2D eigenvalue weighted by molar-refractivity contribution is 6.03. The average molecular weight is 472 g/mol. The zero-order valence-corrected chi connectivity index (χ0v) is 19.5. The van der Waals surface area contributed by atoms with Gasteiger partial charge in [-0.1, -0.05) is 12.1 Å². The number of aromatic nitrogens is 2. The highest BCUT2D eigenvalue weighted by Gasteiger charge is 2.35. The van der Waals surface area contributed by atoms with E-state index in [0.717, 1.165) is 17.0 Å². The quantitative estimate of drug-likeness (QED) is 0.443. The molecule has 0 bridgehead atoms. The molecule has 4 aromatic rings. The van der Waals surface area contributed by atoms with Crippen molar-refractivity contribution in [2.75, 3.05) is 20.7 Å². The van der Waals surface area contributed by atoms with Gasteiger partial charge in [0.05, 0.1) is 43.1 Å². The highest BCUT2D eigenvalue weighted by atomic mass is 16.5. The molecule has 1 unspecified atom stereocenters. The minimum atomic E-state index is -0.332. The van der Waals surface area contributed by atoms with E-state index in [0.29, 0.717) is 35.5 Å². The number of likely N-dealkylation sites (N-methyl/N-ethyl adjacent to an activating group) is 1. The monoisotopic (exact) mass is 471 g/mol. The Labute approximate surface area is 201 Å². The Hall–Kier alpha value is -4.24. The number of hydrogen-bond acceptors (Lipinski definition) is 7. The number of nitrogens with one attached hydrogen (secondary N) is 1. The summed E-state index contributed by atoms with van der Waals surface area (Å²) in [6.07, 6.45) is 2.13. The fourth-order valence-electron chi connectivity index (χ4n) is 4.23. The molecule has 5 rings (SSSR count). The minimum Gasteiger partial charge on any atom is -0.497 e. The summed E-state index contributed by atoms with van der Waals surface area (Å²) in [6.45, 7) is 0.396. The smallest absolute Gasteiger partial charge is 0.258 e. The summed E-state index contributed by atoms with van der Waals surface area (Å²) in [5.74, 6) is 1.74. The van der Waals surface area contributed by atoms with Crippen LogP contribution < -0.4 is 10.3 Å². The number of nitrogens with zero attached hydrogens (tertiary/aromatic N) is 4. The number of methoxy groups -OCH3 is 1. The molecule has 0 saturated heterocycles. The maximum Gasteiger partial charge on any atom is 0.258 e. The summed E-state index contributed by atoms with van der Waals surface area (Å²) in [5, 5.41) is 6.69. The fraction of sp³-hybridized carbons (Fsp3) is 0.231. The van der Waals surface area contributed by atoms with Crippen LogP contribution in [0.2, 0.25) is 0 Å². The fourth-order valence-corrected chi connectivity index (χ4v) is 4.23. The van der Waals surface area contributed by atoms with Crippen LogP contribution >= 0.6 is 0 Å². The molecule has 1 amide bonds. The molecule has 1 aliphatic rings. The number of hydrogen-bond donors (Lipinski definition) is 1. The summed E-state index contributed by atoms with van der Waals surface area (Å²) in [7, 11) is 3.42. The molecule has 0 aliphatic carbocycles. The van der Waals surface area contributed by atoms with Crippen molar-refractivity contribution >= 4 is 22.5 Å². The lowest BCUT2D eigenvalue weighted by Gasteiger charge is -2.23. The second-order valence-corrected chi connectivity index (χ2v) is 8.45. The SMILES string of the molecule is COc1ccc(C2=NN(C(=O)CN(C)Cc3nc4ccccc4c(=O)[nH]3)C(c3ccco3)C2)cc1. The molecule has 0 saturated carbocycles. The van der Waals surface area contributed by atoms with Gasteiger partial charge in [0.2, 0.25) is 0 Å². The first kappa shape index (κ1) is 22.5. The van der Waals surface area contributed by atoms with Crippen LogP contribution in [-0.4, -0.2) is 52.2 Å². The zero-order chi connectivity index (χ0) is 24.4. The Morgan fingerprint density at radius 3 is 2.71 bits per heavy atom. The van der Waals surface area contributed by atoms with E-state index >= 15 is 0 Å². The van der Waals surface area contributed by atoms with E-state index in [2.05, 4.69) is 15.1 Å². The number of furan rings is 1. The van der Waals surface area contributed by atoms with Crippen LogP contribution in [0.3, 0.4) is 0 Å². The molecule has 0 spiro atoms. The lowest BCUT2D eigenvalue weighted by molar-refractivity contribution is -0.134. The molecular formula is C26H25N5O4. The van der Waals surface area contributed by atoms with Crippen LogP contribution in [0.15, 0.2) is 81.2 Å². The van der Waals surface area contributed by atoms with E-state index in [9.17, 15) is 9.59 Å². The zero-order valence-electron chi connectivity index (χ0n) is 19.5. The maximum absolute atomic E-state index is 13.3. The molecule has 1 atom stereocenters. The summed E-state index contributed by atoms with van der Waals surface area (Å²) in [4.78, 5) is 34.8. The molecule has 2 aromatic heterocycles. The molecule has 0 fully saturated rings. The number of ether oxygens (including phenoxy) is 1. The number of hydrazone groups is 1. The van der Waals surface area contributed by atoms with Gasteiger partial charge >= 0.3 is 0 Å². The van der Waals surface area contributed by atoms with Crippen LogP contribution in [0.25, 0.3) is 10.9 Å². The number of amides is 1. The Bertz CT molecular complexity index is 1430. The van der Waals surface area contributed by atoms with Gasteiger partial charge in [0.15, 0.2) is 0 Å². The van der Waals surface area contributed by atoms with Crippen LogP contribution in [0.4, 0.5) is 0 Å². The first-order valence-corrected chi connectivity index (χ1v) is 11.3. The third-order valence-corrected chi connectivity index (χ3v) is 5.95. The Morgan fingerprint density at radius 2 is 1.97 bits per heavy atom. The van der Waals surface area contributed by atoms with Crippen molar-refractivity contribution in [3.63, 3.8) is 0 Å². The molecule has 1 aliphatic heterocycles. The predicted molar refractivity (Wildman–Crippen MR) is 131 cm³/mol. The molecule has 3 heterocycles. The van der Waals surface area contributed by atoms with E-state index in [1.54, 1.807) is 49.6 Å². The third-order valence-electron chi connectivity index (χ3n) is 5.95. The van der Waals surface area contributed by atoms with Crippen LogP contribution in [0.1, 0.15) is 29.6 Å².